The first kappa shape index (κ1) is 24.2. The van der Waals surface area contributed by atoms with Gasteiger partial charge in [0.15, 0.2) is 0 Å². The monoisotopic (exact) mass is 486 g/mol. The van der Waals surface area contributed by atoms with Crippen LogP contribution in [0.3, 0.4) is 0 Å². The van der Waals surface area contributed by atoms with Crippen LogP contribution in [-0.4, -0.2) is 44.9 Å². The first-order chi connectivity index (χ1) is 16.3. The van der Waals surface area contributed by atoms with Crippen LogP contribution < -0.4 is 19.7 Å². The fourth-order valence-corrected chi connectivity index (χ4v) is 5.59. The summed E-state index contributed by atoms with van der Waals surface area (Å²) in [7, 11) is -3.72. The number of carbonyl (C=O) groups is 2. The highest BCUT2D eigenvalue weighted by atomic mass is 32.2. The highest BCUT2D eigenvalue weighted by Gasteiger charge is 2.28. The molecule has 0 atom stereocenters. The van der Waals surface area contributed by atoms with E-state index in [1.54, 1.807) is 17.2 Å². The van der Waals surface area contributed by atoms with Crippen LogP contribution in [0.15, 0.2) is 47.5 Å². The maximum Gasteiger partial charge on any atom is 0.240 e. The van der Waals surface area contributed by atoms with Gasteiger partial charge in [0.2, 0.25) is 21.8 Å². The molecule has 1 aromatic carbocycles. The zero-order chi connectivity index (χ0) is 24.1. The number of benzene rings is 1. The molecule has 0 spiro atoms. The van der Waals surface area contributed by atoms with Gasteiger partial charge in [-0.2, -0.15) is 0 Å². The zero-order valence-electron chi connectivity index (χ0n) is 19.2. The van der Waals surface area contributed by atoms with E-state index in [1.807, 2.05) is 18.2 Å². The summed E-state index contributed by atoms with van der Waals surface area (Å²) in [6, 6.07) is 10.2. The summed E-state index contributed by atoms with van der Waals surface area (Å²) in [6.45, 7) is 2.97. The second-order valence-electron chi connectivity index (χ2n) is 8.76. The quantitative estimate of drug-likeness (QED) is 0.620. The summed E-state index contributed by atoms with van der Waals surface area (Å²) in [4.78, 5) is 30.2. The minimum Gasteiger partial charge on any atom is -0.489 e. The second kappa shape index (κ2) is 10.5. The van der Waals surface area contributed by atoms with Crippen molar-refractivity contribution in [1.82, 2.24) is 15.0 Å². The fraction of sp³-hybridized carbons (Fsp3) is 0.458. The number of nitrogens with zero attached hydrogens (tertiary/aromatic N) is 2. The van der Waals surface area contributed by atoms with Crippen LogP contribution in [-0.2, 0) is 26.2 Å². The number of hydrogen-bond donors (Lipinski definition) is 2. The Morgan fingerprint density at radius 2 is 1.94 bits per heavy atom. The second-order valence-corrected chi connectivity index (χ2v) is 10.5. The van der Waals surface area contributed by atoms with Crippen LogP contribution >= 0.6 is 0 Å². The number of hydrogen-bond acceptors (Lipinski definition) is 6. The summed E-state index contributed by atoms with van der Waals surface area (Å²) >= 11 is 0. The Labute approximate surface area is 199 Å². The molecular weight excluding hydrogens is 456 g/mol. The fourth-order valence-electron chi connectivity index (χ4n) is 4.46. The number of rotatable bonds is 7. The van der Waals surface area contributed by atoms with Gasteiger partial charge >= 0.3 is 0 Å². The summed E-state index contributed by atoms with van der Waals surface area (Å²) in [5, 5.41) is 2.95. The molecule has 1 fully saturated rings. The Bertz CT molecular complexity index is 1130. The topological polar surface area (TPSA) is 118 Å². The Morgan fingerprint density at radius 1 is 1.15 bits per heavy atom. The zero-order valence-corrected chi connectivity index (χ0v) is 20.0. The summed E-state index contributed by atoms with van der Waals surface area (Å²) in [5.41, 5.74) is 1.40. The van der Waals surface area contributed by atoms with Gasteiger partial charge in [-0.1, -0.05) is 6.07 Å². The third kappa shape index (κ3) is 5.74. The number of nitrogens with one attached hydrogen (secondary N) is 2. The van der Waals surface area contributed by atoms with Gasteiger partial charge in [-0.15, -0.1) is 0 Å². The smallest absolute Gasteiger partial charge is 0.240 e. The van der Waals surface area contributed by atoms with Crippen molar-refractivity contribution >= 4 is 27.5 Å². The average molecular weight is 487 g/mol. The predicted octanol–water partition coefficient (Wildman–Crippen LogP) is 2.23. The van der Waals surface area contributed by atoms with Crippen LogP contribution in [0, 0.1) is 11.8 Å². The summed E-state index contributed by atoms with van der Waals surface area (Å²) in [6.07, 6.45) is 4.73. The van der Waals surface area contributed by atoms with Gasteiger partial charge in [-0.05, 0) is 55.9 Å². The van der Waals surface area contributed by atoms with E-state index in [1.165, 1.54) is 19.1 Å². The molecule has 2 amide bonds. The number of ether oxygens (including phenoxy) is 1. The number of anilines is 1. The van der Waals surface area contributed by atoms with Gasteiger partial charge in [0, 0.05) is 31.6 Å². The minimum atomic E-state index is -3.72. The highest BCUT2D eigenvalue weighted by Crippen LogP contribution is 2.34. The largest absolute Gasteiger partial charge is 0.489 e. The molecule has 0 unspecified atom stereocenters. The van der Waals surface area contributed by atoms with Gasteiger partial charge < -0.3 is 15.0 Å². The first-order valence-corrected chi connectivity index (χ1v) is 13.0. The molecular formula is C24H30N4O5S. The number of fused-ring (bicyclic) bond motifs is 1. The van der Waals surface area contributed by atoms with E-state index in [0.717, 1.165) is 31.4 Å². The van der Waals surface area contributed by atoms with Crippen molar-refractivity contribution in [3.63, 3.8) is 0 Å². The highest BCUT2D eigenvalue weighted by molar-refractivity contribution is 7.89. The SMILES string of the molecule is CC(=O)N1CCOc2cc(S(=O)(=O)NCC3CCC(C(=O)NCc4ccccn4)CC3)ccc21. The van der Waals surface area contributed by atoms with Gasteiger partial charge in [-0.3, -0.25) is 14.6 Å². The van der Waals surface area contributed by atoms with Crippen LogP contribution in [0.25, 0.3) is 0 Å². The van der Waals surface area contributed by atoms with Gasteiger partial charge in [0.25, 0.3) is 0 Å². The maximum absolute atomic E-state index is 12.9. The lowest BCUT2D eigenvalue weighted by Gasteiger charge is -2.29. The van der Waals surface area contributed by atoms with E-state index >= 15 is 0 Å². The summed E-state index contributed by atoms with van der Waals surface area (Å²) in [5.74, 6) is 0.425. The molecule has 1 aliphatic carbocycles. The van der Waals surface area contributed by atoms with Crippen molar-refractivity contribution in [2.75, 3.05) is 24.6 Å². The Balaban J connectivity index is 1.27. The maximum atomic E-state index is 12.9. The molecule has 34 heavy (non-hydrogen) atoms. The van der Waals surface area contributed by atoms with Crippen molar-refractivity contribution in [2.45, 2.75) is 44.0 Å². The lowest BCUT2D eigenvalue weighted by Crippen LogP contribution is -2.37. The number of aromatic nitrogens is 1. The van der Waals surface area contributed by atoms with E-state index < -0.39 is 10.0 Å². The number of pyridine rings is 1. The average Bonchev–Trinajstić information content (AvgIpc) is 2.86. The molecule has 0 radical (unpaired) electrons. The lowest BCUT2D eigenvalue weighted by atomic mass is 9.81. The molecule has 4 rings (SSSR count). The van der Waals surface area contributed by atoms with Crippen LogP contribution in [0.5, 0.6) is 5.75 Å². The van der Waals surface area contributed by atoms with Crippen LogP contribution in [0.1, 0.15) is 38.3 Å². The molecule has 0 saturated heterocycles. The van der Waals surface area contributed by atoms with Gasteiger partial charge in [-0.25, -0.2) is 13.1 Å². The Hall–Kier alpha value is -2.98. The molecule has 2 aromatic rings. The van der Waals surface area contributed by atoms with Gasteiger partial charge in [0.05, 0.1) is 29.4 Å². The molecule has 2 heterocycles. The van der Waals surface area contributed by atoms with Crippen LogP contribution in [0.2, 0.25) is 0 Å². The number of sulfonamides is 1. The standard InChI is InChI=1S/C24H30N4O5S/c1-17(29)28-12-13-33-23-14-21(9-10-22(23)28)34(31,32)27-15-18-5-7-19(8-6-18)24(30)26-16-20-4-2-3-11-25-20/h2-4,9-11,14,18-19,27H,5-8,12-13,15-16H2,1H3,(H,26,30). The summed E-state index contributed by atoms with van der Waals surface area (Å²) < 4.78 is 34.0. The molecule has 2 aliphatic rings. The Morgan fingerprint density at radius 3 is 2.65 bits per heavy atom. The lowest BCUT2D eigenvalue weighted by molar-refractivity contribution is -0.126. The Kier molecular flexibility index (Phi) is 7.47. The molecule has 182 valence electrons. The van der Waals surface area contributed by atoms with E-state index in [-0.39, 0.29) is 28.5 Å². The predicted molar refractivity (Wildman–Crippen MR) is 127 cm³/mol. The van der Waals surface area contributed by atoms with E-state index in [9.17, 15) is 18.0 Å². The molecule has 1 aromatic heterocycles. The van der Waals surface area contributed by atoms with Crippen molar-refractivity contribution in [1.29, 1.82) is 0 Å². The molecule has 1 saturated carbocycles. The van der Waals surface area contributed by atoms with Crippen molar-refractivity contribution in [3.05, 3.63) is 48.3 Å². The minimum absolute atomic E-state index is 0.0262. The van der Waals surface area contributed by atoms with Crippen molar-refractivity contribution in [2.24, 2.45) is 11.8 Å². The molecule has 2 N–H and O–H groups in total. The van der Waals surface area contributed by atoms with Gasteiger partial charge in [0.1, 0.15) is 12.4 Å². The number of amides is 2. The molecule has 0 bridgehead atoms. The van der Waals surface area contributed by atoms with Crippen molar-refractivity contribution in [3.8, 4) is 5.75 Å². The van der Waals surface area contributed by atoms with E-state index in [4.69, 9.17) is 4.74 Å². The third-order valence-corrected chi connectivity index (χ3v) is 7.86. The van der Waals surface area contributed by atoms with Crippen molar-refractivity contribution < 1.29 is 22.7 Å². The van der Waals surface area contributed by atoms with E-state index in [2.05, 4.69) is 15.0 Å². The normalized spacial score (nSPS) is 20.2. The van der Waals surface area contributed by atoms with E-state index in [0.29, 0.717) is 37.7 Å². The first-order valence-electron chi connectivity index (χ1n) is 11.6. The molecule has 10 heteroatoms. The third-order valence-electron chi connectivity index (χ3n) is 6.43. The molecule has 1 aliphatic heterocycles. The number of carbonyl (C=O) groups excluding carboxylic acids is 2. The van der Waals surface area contributed by atoms with Crippen LogP contribution in [0.4, 0.5) is 5.69 Å². The molecule has 9 nitrogen and oxygen atoms in total.